The second-order valence-corrected chi connectivity index (χ2v) is 10.9. The van der Waals surface area contributed by atoms with Crippen molar-refractivity contribution in [2.24, 2.45) is 0 Å². The van der Waals surface area contributed by atoms with E-state index in [9.17, 15) is 24.0 Å². The van der Waals surface area contributed by atoms with Crippen molar-refractivity contribution in [3.63, 3.8) is 0 Å². The van der Waals surface area contributed by atoms with Crippen LogP contribution in [-0.4, -0.2) is 60.1 Å². The Morgan fingerprint density at radius 2 is 1.55 bits per heavy atom. The maximum atomic E-state index is 13.8. The van der Waals surface area contributed by atoms with Crippen LogP contribution < -0.4 is 16.0 Å². The average Bonchev–Trinajstić information content (AvgIpc) is 3.52. The van der Waals surface area contributed by atoms with Gasteiger partial charge in [-0.25, -0.2) is 14.6 Å². The number of hydrogen-bond acceptors (Lipinski definition) is 10. The molecule has 3 atom stereocenters. The van der Waals surface area contributed by atoms with Crippen LogP contribution in [0.2, 0.25) is 0 Å². The zero-order chi connectivity index (χ0) is 33.2. The predicted octanol–water partition coefficient (Wildman–Crippen LogP) is 2.89. The van der Waals surface area contributed by atoms with E-state index in [1.807, 2.05) is 12.1 Å². The number of aromatic nitrogens is 1. The number of nitrogens with zero attached hydrogens (tertiary/aromatic N) is 1. The number of esters is 2. The van der Waals surface area contributed by atoms with Crippen LogP contribution in [0, 0.1) is 0 Å². The van der Waals surface area contributed by atoms with Gasteiger partial charge in [-0.3, -0.25) is 14.4 Å². The molecule has 0 spiro atoms. The fourth-order valence-electron chi connectivity index (χ4n) is 5.04. The van der Waals surface area contributed by atoms with Crippen molar-refractivity contribution in [2.75, 3.05) is 7.11 Å². The molecule has 3 N–H and O–H groups in total. The number of carbonyl (C=O) groups excluding carboxylic acids is 5. The van der Waals surface area contributed by atoms with Crippen LogP contribution in [0.4, 0.5) is 4.79 Å². The number of amides is 3. The number of nitrogens with one attached hydrogen (secondary N) is 3. The van der Waals surface area contributed by atoms with Gasteiger partial charge in [-0.05, 0) is 29.2 Å². The summed E-state index contributed by atoms with van der Waals surface area (Å²) in [5.41, 5.74) is 2.95. The van der Waals surface area contributed by atoms with Crippen molar-refractivity contribution in [1.82, 2.24) is 20.9 Å². The molecule has 2 bridgehead atoms. The lowest BCUT2D eigenvalue weighted by atomic mass is 10.0. The standard InChI is InChI=1S/C34H34N4O9/c1-44-33(42)24-15-16-28-38-30-23(13-8-14-27(30)47-28)17-25(37-34(43)46-20-22-11-6-3-7-12-22)31(40)36-26(32(41)35-24)18-29(39)45-19-21-9-4-2-5-10-21/h2-14,24-26H,15-20H2,1H3,(H,35,41)(H,36,40)(H,37,43)/t24-,25-,26-/m0/s1. The Morgan fingerprint density at radius 3 is 2.23 bits per heavy atom. The van der Waals surface area contributed by atoms with Gasteiger partial charge in [0.05, 0.1) is 13.5 Å². The molecule has 0 saturated heterocycles. The molecule has 244 valence electrons. The van der Waals surface area contributed by atoms with Crippen LogP contribution in [-0.2, 0) is 59.4 Å². The Morgan fingerprint density at radius 1 is 0.872 bits per heavy atom. The predicted molar refractivity (Wildman–Crippen MR) is 166 cm³/mol. The normalized spacial score (nSPS) is 18.4. The topological polar surface area (TPSA) is 175 Å². The second kappa shape index (κ2) is 15.5. The molecule has 1 aromatic heterocycles. The van der Waals surface area contributed by atoms with Gasteiger partial charge >= 0.3 is 18.0 Å². The molecule has 0 saturated carbocycles. The first kappa shape index (κ1) is 32.7. The Kier molecular flexibility index (Phi) is 10.8. The lowest BCUT2D eigenvalue weighted by molar-refractivity contribution is -0.148. The van der Waals surface area contributed by atoms with Crippen LogP contribution in [0.5, 0.6) is 0 Å². The SMILES string of the molecule is COC(=O)[C@@H]1CCc2nc3c(cccc3o2)C[C@H](NC(=O)OCc2ccccc2)C(=O)N[C@@H](CC(=O)OCc2ccccc2)C(=O)N1. The summed E-state index contributed by atoms with van der Waals surface area (Å²) in [7, 11) is 1.18. The largest absolute Gasteiger partial charge is 0.467 e. The van der Waals surface area contributed by atoms with Crippen LogP contribution in [0.25, 0.3) is 11.1 Å². The van der Waals surface area contributed by atoms with Gasteiger partial charge in [-0.2, -0.15) is 0 Å². The van der Waals surface area contributed by atoms with Crippen LogP contribution >= 0.6 is 0 Å². The molecule has 0 fully saturated rings. The Labute approximate surface area is 270 Å². The zero-order valence-corrected chi connectivity index (χ0v) is 25.6. The molecule has 1 aliphatic heterocycles. The highest BCUT2D eigenvalue weighted by atomic mass is 16.5. The number of ether oxygens (including phenoxy) is 3. The van der Waals surface area contributed by atoms with Crippen LogP contribution in [0.15, 0.2) is 83.3 Å². The van der Waals surface area contributed by atoms with Crippen molar-refractivity contribution in [2.45, 2.75) is 57.0 Å². The highest BCUT2D eigenvalue weighted by Gasteiger charge is 2.33. The summed E-state index contributed by atoms with van der Waals surface area (Å²) in [6.45, 7) is -0.0954. The number of fused-ring (bicyclic) bond motifs is 1. The maximum absolute atomic E-state index is 13.8. The first-order valence-electron chi connectivity index (χ1n) is 15.0. The number of hydrogen-bond donors (Lipinski definition) is 3. The Bertz CT molecular complexity index is 1730. The van der Waals surface area contributed by atoms with E-state index in [0.29, 0.717) is 22.6 Å². The highest BCUT2D eigenvalue weighted by molar-refractivity contribution is 5.95. The molecule has 13 nitrogen and oxygen atoms in total. The number of methoxy groups -OCH3 is 1. The number of carbonyl (C=O) groups is 5. The molecule has 0 unspecified atom stereocenters. The van der Waals surface area contributed by atoms with Crippen molar-refractivity contribution in [1.29, 1.82) is 0 Å². The molecule has 5 rings (SSSR count). The number of aryl methyl sites for hydroxylation is 1. The third kappa shape index (κ3) is 8.93. The molecular formula is C34H34N4O9. The van der Waals surface area contributed by atoms with Gasteiger partial charge in [0.1, 0.15) is 36.9 Å². The zero-order valence-electron chi connectivity index (χ0n) is 25.6. The minimum Gasteiger partial charge on any atom is -0.467 e. The van der Waals surface area contributed by atoms with Gasteiger partial charge in [0, 0.05) is 12.8 Å². The smallest absolute Gasteiger partial charge is 0.408 e. The fraction of sp³-hybridized carbons (Fsp3) is 0.294. The first-order chi connectivity index (χ1) is 22.8. The monoisotopic (exact) mass is 642 g/mol. The minimum atomic E-state index is -1.47. The number of benzene rings is 3. The van der Waals surface area contributed by atoms with Gasteiger partial charge in [0.2, 0.25) is 11.8 Å². The molecule has 0 radical (unpaired) electrons. The summed E-state index contributed by atoms with van der Waals surface area (Å²) in [5, 5.41) is 7.72. The van der Waals surface area contributed by atoms with Gasteiger partial charge in [0.25, 0.3) is 0 Å². The molecule has 1 aliphatic rings. The van der Waals surface area contributed by atoms with Crippen LogP contribution in [0.3, 0.4) is 0 Å². The van der Waals surface area contributed by atoms with E-state index in [4.69, 9.17) is 18.6 Å². The molecule has 2 heterocycles. The van der Waals surface area contributed by atoms with E-state index < -0.39 is 54.4 Å². The quantitative estimate of drug-likeness (QED) is 0.191. The lowest BCUT2D eigenvalue weighted by Gasteiger charge is -2.24. The molecule has 0 aliphatic carbocycles. The summed E-state index contributed by atoms with van der Waals surface area (Å²) in [5.74, 6) is -2.83. The fourth-order valence-corrected chi connectivity index (χ4v) is 5.04. The minimum absolute atomic E-state index is 0.0452. The van der Waals surface area contributed by atoms with E-state index >= 15 is 0 Å². The van der Waals surface area contributed by atoms with Crippen molar-refractivity contribution in [3.05, 3.63) is 101 Å². The van der Waals surface area contributed by atoms with E-state index in [1.54, 1.807) is 66.7 Å². The number of alkyl carbamates (subject to hydrolysis) is 1. The Balaban J connectivity index is 1.41. The van der Waals surface area contributed by atoms with Crippen molar-refractivity contribution >= 4 is 40.9 Å². The molecular weight excluding hydrogens is 608 g/mol. The number of oxazole rings is 1. The summed E-state index contributed by atoms with van der Waals surface area (Å²) in [6.07, 6.45) is -1.25. The highest BCUT2D eigenvalue weighted by Crippen LogP contribution is 2.23. The maximum Gasteiger partial charge on any atom is 0.408 e. The molecule has 3 amide bonds. The second-order valence-electron chi connectivity index (χ2n) is 10.9. The third-order valence-corrected chi connectivity index (χ3v) is 7.49. The third-order valence-electron chi connectivity index (χ3n) is 7.49. The molecule has 13 heteroatoms. The average molecular weight is 643 g/mol. The summed E-state index contributed by atoms with van der Waals surface area (Å²) in [4.78, 5) is 70.4. The van der Waals surface area contributed by atoms with Crippen molar-refractivity contribution in [3.8, 4) is 0 Å². The van der Waals surface area contributed by atoms with Crippen LogP contribution in [0.1, 0.15) is 35.4 Å². The lowest BCUT2D eigenvalue weighted by Crippen LogP contribution is -2.57. The van der Waals surface area contributed by atoms with E-state index in [1.165, 1.54) is 7.11 Å². The van der Waals surface area contributed by atoms with Gasteiger partial charge in [0.15, 0.2) is 11.5 Å². The summed E-state index contributed by atoms with van der Waals surface area (Å²) in [6, 6.07) is 19.2. The summed E-state index contributed by atoms with van der Waals surface area (Å²) >= 11 is 0. The van der Waals surface area contributed by atoms with Gasteiger partial charge in [-0.15, -0.1) is 0 Å². The van der Waals surface area contributed by atoms with Gasteiger partial charge < -0.3 is 34.6 Å². The van der Waals surface area contributed by atoms with E-state index in [-0.39, 0.29) is 32.5 Å². The first-order valence-corrected chi connectivity index (χ1v) is 15.0. The molecule has 4 aromatic rings. The molecule has 3 aromatic carbocycles. The van der Waals surface area contributed by atoms with E-state index in [0.717, 1.165) is 11.1 Å². The summed E-state index contributed by atoms with van der Waals surface area (Å²) < 4.78 is 21.5. The van der Waals surface area contributed by atoms with Gasteiger partial charge in [-0.1, -0.05) is 72.8 Å². The van der Waals surface area contributed by atoms with E-state index in [2.05, 4.69) is 20.9 Å². The number of para-hydroxylation sites is 1. The molecule has 47 heavy (non-hydrogen) atoms. The van der Waals surface area contributed by atoms with Crippen molar-refractivity contribution < 1.29 is 42.6 Å². The Hall–Kier alpha value is -5.72. The number of rotatable bonds is 8.